The summed E-state index contributed by atoms with van der Waals surface area (Å²) >= 11 is 0. The normalized spacial score (nSPS) is 11.8. The lowest BCUT2D eigenvalue weighted by molar-refractivity contribution is -0.385. The van der Waals surface area contributed by atoms with E-state index in [2.05, 4.69) is 0 Å². The van der Waals surface area contributed by atoms with Gasteiger partial charge in [-0.15, -0.1) is 0 Å². The molecule has 0 saturated heterocycles. The average Bonchev–Trinajstić information content (AvgIpc) is 2.69. The Hall–Kier alpha value is -4.34. The highest BCUT2D eigenvalue weighted by molar-refractivity contribution is 6.22. The van der Waals surface area contributed by atoms with E-state index in [9.17, 15) is 40.0 Å². The van der Waals surface area contributed by atoms with Gasteiger partial charge >= 0.3 is 11.9 Å². The predicted octanol–water partition coefficient (Wildman–Crippen LogP) is 4.01. The highest BCUT2D eigenvalue weighted by atomic mass is 16.6. The van der Waals surface area contributed by atoms with Gasteiger partial charge in [-0.25, -0.2) is 9.59 Å². The Bertz CT molecular complexity index is 1080. The van der Waals surface area contributed by atoms with Crippen LogP contribution < -0.4 is 0 Å². The van der Waals surface area contributed by atoms with E-state index >= 15 is 0 Å². The Morgan fingerprint density at radius 2 is 1.50 bits per heavy atom. The third-order valence-electron chi connectivity index (χ3n) is 4.15. The maximum Gasteiger partial charge on any atom is 0.336 e. The molecule has 10 heteroatoms. The smallest absolute Gasteiger partial charge is 0.336 e. The number of carboxylic acids is 2. The van der Waals surface area contributed by atoms with Crippen LogP contribution in [0.3, 0.4) is 0 Å². The van der Waals surface area contributed by atoms with Gasteiger partial charge in [0.25, 0.3) is 11.4 Å². The number of hydrogen-bond acceptors (Lipinski definition) is 6. The van der Waals surface area contributed by atoms with Crippen LogP contribution in [0, 0.1) is 20.2 Å². The minimum Gasteiger partial charge on any atom is -0.478 e. The van der Waals surface area contributed by atoms with Gasteiger partial charge in [-0.3, -0.25) is 20.2 Å². The Balaban J connectivity index is 2.66. The Labute approximate surface area is 169 Å². The minimum atomic E-state index is -1.45. The number of nitro groups is 2. The van der Waals surface area contributed by atoms with E-state index in [1.54, 1.807) is 6.92 Å². The van der Waals surface area contributed by atoms with Gasteiger partial charge in [-0.2, -0.15) is 0 Å². The fourth-order valence-corrected chi connectivity index (χ4v) is 2.65. The van der Waals surface area contributed by atoms with Gasteiger partial charge in [-0.05, 0) is 54.0 Å². The molecule has 0 aliphatic rings. The van der Waals surface area contributed by atoms with Crippen molar-refractivity contribution in [1.29, 1.82) is 0 Å². The lowest BCUT2D eigenvalue weighted by Crippen LogP contribution is -2.04. The summed E-state index contributed by atoms with van der Waals surface area (Å²) in [6.07, 6.45) is 2.66. The monoisotopic (exact) mass is 412 g/mol. The van der Waals surface area contributed by atoms with Gasteiger partial charge in [0, 0.05) is 23.8 Å². The van der Waals surface area contributed by atoms with E-state index in [4.69, 9.17) is 0 Å². The van der Waals surface area contributed by atoms with Gasteiger partial charge in [-0.1, -0.05) is 6.92 Å². The summed E-state index contributed by atoms with van der Waals surface area (Å²) in [5.41, 5.74) is -0.691. The molecule has 2 aromatic carbocycles. The lowest BCUT2D eigenvalue weighted by Gasteiger charge is -2.07. The van der Waals surface area contributed by atoms with Crippen LogP contribution in [0.5, 0.6) is 0 Å². The lowest BCUT2D eigenvalue weighted by atomic mass is 9.97. The van der Waals surface area contributed by atoms with Gasteiger partial charge in [0.05, 0.1) is 21.0 Å². The third kappa shape index (κ3) is 5.13. The van der Waals surface area contributed by atoms with E-state index in [1.165, 1.54) is 42.5 Å². The molecule has 154 valence electrons. The topological polar surface area (TPSA) is 161 Å². The molecule has 0 heterocycles. The summed E-state index contributed by atoms with van der Waals surface area (Å²) < 4.78 is 0. The van der Waals surface area contributed by atoms with Crippen molar-refractivity contribution in [2.24, 2.45) is 0 Å². The van der Waals surface area contributed by atoms with Crippen molar-refractivity contribution in [2.75, 3.05) is 0 Å². The first kappa shape index (κ1) is 22.0. The van der Waals surface area contributed by atoms with Crippen LogP contribution in [-0.2, 0) is 9.59 Å². The molecule has 0 unspecified atom stereocenters. The zero-order valence-corrected chi connectivity index (χ0v) is 15.6. The van der Waals surface area contributed by atoms with Gasteiger partial charge < -0.3 is 10.2 Å². The number of aliphatic carboxylic acids is 2. The van der Waals surface area contributed by atoms with Crippen LogP contribution in [0.25, 0.3) is 17.7 Å². The molecule has 30 heavy (non-hydrogen) atoms. The molecule has 0 bridgehead atoms. The fourth-order valence-electron chi connectivity index (χ4n) is 2.65. The van der Waals surface area contributed by atoms with Crippen LogP contribution in [0.1, 0.15) is 30.0 Å². The molecular formula is C20H16N2O8. The number of nitro benzene ring substituents is 2. The van der Waals surface area contributed by atoms with E-state index in [0.29, 0.717) is 0 Å². The molecule has 2 N–H and O–H groups in total. The zero-order chi connectivity index (χ0) is 22.4. The van der Waals surface area contributed by atoms with Crippen molar-refractivity contribution in [3.05, 3.63) is 85.0 Å². The number of nitrogens with zero attached hydrogens (tertiary/aromatic N) is 2. The van der Waals surface area contributed by atoms with E-state index in [0.717, 1.165) is 12.1 Å². The van der Waals surface area contributed by atoms with Gasteiger partial charge in [0.1, 0.15) is 0 Å². The van der Waals surface area contributed by atoms with Crippen molar-refractivity contribution in [3.8, 4) is 0 Å². The number of non-ortho nitro benzene ring substituents is 1. The van der Waals surface area contributed by atoms with Crippen molar-refractivity contribution in [3.63, 3.8) is 0 Å². The van der Waals surface area contributed by atoms with Crippen molar-refractivity contribution >= 4 is 41.0 Å². The second-order valence-electron chi connectivity index (χ2n) is 6.07. The molecule has 2 aromatic rings. The van der Waals surface area contributed by atoms with E-state index in [-0.39, 0.29) is 34.4 Å². The molecular weight excluding hydrogens is 396 g/mol. The van der Waals surface area contributed by atoms with Gasteiger partial charge in [0.2, 0.25) is 0 Å². The Morgan fingerprint density at radius 3 is 1.97 bits per heavy atom. The average molecular weight is 412 g/mol. The molecule has 0 fully saturated rings. The highest BCUT2D eigenvalue weighted by Gasteiger charge is 2.22. The number of benzene rings is 2. The van der Waals surface area contributed by atoms with Crippen molar-refractivity contribution < 1.29 is 29.6 Å². The largest absolute Gasteiger partial charge is 0.478 e. The standard InChI is InChI=1S/C20H16N2O8/c1-2-14(19(23)24)9-13-5-8-18(22(29)30)16(11-13)17(20(25)26)10-12-3-6-15(7-4-12)21(27)28/h3-11H,2H2,1H3,(H,23,24)(H,25,26). The summed E-state index contributed by atoms with van der Waals surface area (Å²) in [5.74, 6) is -2.61. The first-order chi connectivity index (χ1) is 14.1. The molecule has 2 rings (SSSR count). The van der Waals surface area contributed by atoms with Crippen LogP contribution in [0.2, 0.25) is 0 Å². The molecule has 0 spiro atoms. The first-order valence-corrected chi connectivity index (χ1v) is 8.56. The summed E-state index contributed by atoms with van der Waals surface area (Å²) in [6.45, 7) is 1.63. The maximum atomic E-state index is 11.8. The minimum absolute atomic E-state index is 0.0472. The molecule has 10 nitrogen and oxygen atoms in total. The highest BCUT2D eigenvalue weighted by Crippen LogP contribution is 2.30. The molecule has 0 radical (unpaired) electrons. The number of hydrogen-bond donors (Lipinski definition) is 2. The fraction of sp³-hybridized carbons (Fsp3) is 0.100. The molecule has 0 aromatic heterocycles. The molecule has 0 aliphatic carbocycles. The summed E-state index contributed by atoms with van der Waals surface area (Å²) in [4.78, 5) is 43.9. The summed E-state index contributed by atoms with van der Waals surface area (Å²) in [5, 5.41) is 41.0. The van der Waals surface area contributed by atoms with Crippen LogP contribution >= 0.6 is 0 Å². The van der Waals surface area contributed by atoms with Crippen molar-refractivity contribution in [1.82, 2.24) is 0 Å². The predicted molar refractivity (Wildman–Crippen MR) is 108 cm³/mol. The SMILES string of the molecule is CCC(=Cc1ccc([N+](=O)[O-])c(C(=Cc2ccc([N+](=O)[O-])cc2)C(=O)O)c1)C(=O)O. The number of carbonyl (C=O) groups is 2. The molecule has 0 saturated carbocycles. The second kappa shape index (κ2) is 9.24. The first-order valence-electron chi connectivity index (χ1n) is 8.56. The van der Waals surface area contributed by atoms with E-state index in [1.807, 2.05) is 0 Å². The molecule has 0 atom stereocenters. The summed E-state index contributed by atoms with van der Waals surface area (Å²) in [7, 11) is 0. The second-order valence-corrected chi connectivity index (χ2v) is 6.07. The number of carboxylic acid groups (broad SMARTS) is 2. The van der Waals surface area contributed by atoms with Crippen LogP contribution in [0.4, 0.5) is 11.4 Å². The number of rotatable bonds is 8. The molecule has 0 amide bonds. The molecule has 0 aliphatic heterocycles. The van der Waals surface area contributed by atoms with Crippen LogP contribution in [0.15, 0.2) is 48.0 Å². The van der Waals surface area contributed by atoms with Crippen molar-refractivity contribution in [2.45, 2.75) is 13.3 Å². The maximum absolute atomic E-state index is 11.8. The summed E-state index contributed by atoms with van der Waals surface area (Å²) in [6, 6.07) is 8.64. The Kier molecular flexibility index (Phi) is 6.76. The quantitative estimate of drug-likeness (QED) is 0.284. The zero-order valence-electron chi connectivity index (χ0n) is 15.6. The van der Waals surface area contributed by atoms with Crippen LogP contribution in [-0.4, -0.2) is 32.0 Å². The Morgan fingerprint density at radius 1 is 0.900 bits per heavy atom. The third-order valence-corrected chi connectivity index (χ3v) is 4.15. The van der Waals surface area contributed by atoms with E-state index < -0.39 is 33.0 Å². The van der Waals surface area contributed by atoms with Gasteiger partial charge in [0.15, 0.2) is 0 Å².